The van der Waals surface area contributed by atoms with Crippen LogP contribution in [0.4, 0.5) is 0 Å². The number of aliphatic hydroxyl groups excluding tert-OH is 2. The third-order valence-electron chi connectivity index (χ3n) is 2.71. The molecule has 0 aromatic carbocycles. The van der Waals surface area contributed by atoms with Gasteiger partial charge in [-0.3, -0.25) is 4.79 Å². The number of esters is 1. The largest absolute Gasteiger partial charge is 0.462 e. The van der Waals surface area contributed by atoms with Crippen LogP contribution in [-0.4, -0.2) is 46.3 Å². The van der Waals surface area contributed by atoms with Crippen molar-refractivity contribution >= 4 is 23.2 Å². The molecule has 1 amide bonds. The molecule has 7 nitrogen and oxygen atoms in total. The van der Waals surface area contributed by atoms with Crippen LogP contribution in [0.5, 0.6) is 0 Å². The number of hydrogen-bond donors (Lipinski definition) is 3. The van der Waals surface area contributed by atoms with E-state index in [4.69, 9.17) is 4.74 Å². The summed E-state index contributed by atoms with van der Waals surface area (Å²) in [6.07, 6.45) is -2.09. The highest BCUT2D eigenvalue weighted by Crippen LogP contribution is 2.27. The van der Waals surface area contributed by atoms with Crippen molar-refractivity contribution in [2.45, 2.75) is 39.4 Å². The summed E-state index contributed by atoms with van der Waals surface area (Å²) in [6, 6.07) is 0. The summed E-state index contributed by atoms with van der Waals surface area (Å²) >= 11 is 1.00. The number of aromatic nitrogens is 1. The van der Waals surface area contributed by atoms with E-state index < -0.39 is 18.2 Å². The van der Waals surface area contributed by atoms with Gasteiger partial charge >= 0.3 is 5.97 Å². The quantitative estimate of drug-likeness (QED) is 0.634. The standard InChI is InChI=1S/C13H20N2O5S/c1-4-20-13(19)11-7(2)15-12(21-11)10(18)9(17)5-6-14-8(3)16/h9-10,17-18H,4-6H2,1-3H3,(H,14,16). The molecular weight excluding hydrogens is 296 g/mol. The van der Waals surface area contributed by atoms with E-state index >= 15 is 0 Å². The van der Waals surface area contributed by atoms with E-state index in [9.17, 15) is 19.8 Å². The van der Waals surface area contributed by atoms with Gasteiger partial charge in [-0.05, 0) is 20.3 Å². The maximum absolute atomic E-state index is 11.7. The van der Waals surface area contributed by atoms with Crippen LogP contribution in [0.15, 0.2) is 0 Å². The zero-order valence-electron chi connectivity index (χ0n) is 12.3. The molecule has 0 radical (unpaired) electrons. The Bertz CT molecular complexity index is 503. The molecule has 1 aromatic heterocycles. The fourth-order valence-corrected chi connectivity index (χ4v) is 2.65. The number of rotatable bonds is 7. The Morgan fingerprint density at radius 1 is 1.43 bits per heavy atom. The monoisotopic (exact) mass is 316 g/mol. The number of ether oxygens (including phenoxy) is 1. The second-order valence-corrected chi connectivity index (χ2v) is 5.50. The molecule has 0 aliphatic rings. The normalized spacial score (nSPS) is 13.6. The van der Waals surface area contributed by atoms with Gasteiger partial charge in [0, 0.05) is 13.5 Å². The average molecular weight is 316 g/mol. The highest BCUT2D eigenvalue weighted by atomic mass is 32.1. The number of thiazole rings is 1. The van der Waals surface area contributed by atoms with Gasteiger partial charge in [0.2, 0.25) is 5.91 Å². The van der Waals surface area contributed by atoms with E-state index in [1.54, 1.807) is 13.8 Å². The molecule has 0 saturated carbocycles. The first-order chi connectivity index (χ1) is 9.86. The van der Waals surface area contributed by atoms with Crippen LogP contribution < -0.4 is 5.32 Å². The summed E-state index contributed by atoms with van der Waals surface area (Å²) < 4.78 is 4.89. The third-order valence-corrected chi connectivity index (χ3v) is 3.91. The summed E-state index contributed by atoms with van der Waals surface area (Å²) in [5.74, 6) is -0.690. The molecule has 0 aliphatic heterocycles. The van der Waals surface area contributed by atoms with E-state index in [2.05, 4.69) is 10.3 Å². The van der Waals surface area contributed by atoms with Crippen LogP contribution in [0, 0.1) is 6.92 Å². The van der Waals surface area contributed by atoms with Crippen molar-refractivity contribution in [2.24, 2.45) is 0 Å². The van der Waals surface area contributed by atoms with Crippen LogP contribution in [0.2, 0.25) is 0 Å². The Kier molecular flexibility index (Phi) is 6.73. The maximum Gasteiger partial charge on any atom is 0.350 e. The van der Waals surface area contributed by atoms with Gasteiger partial charge in [0.1, 0.15) is 16.0 Å². The van der Waals surface area contributed by atoms with Gasteiger partial charge in [0.25, 0.3) is 0 Å². The van der Waals surface area contributed by atoms with E-state index in [1.807, 2.05) is 0 Å². The van der Waals surface area contributed by atoms with Gasteiger partial charge in [0.05, 0.1) is 18.4 Å². The molecule has 0 spiro atoms. The third kappa shape index (κ3) is 5.07. The topological polar surface area (TPSA) is 109 Å². The Morgan fingerprint density at radius 3 is 2.67 bits per heavy atom. The number of aliphatic hydroxyl groups is 2. The number of carbonyl (C=O) groups is 2. The molecule has 1 rings (SSSR count). The molecule has 118 valence electrons. The summed E-state index contributed by atoms with van der Waals surface area (Å²) in [4.78, 5) is 26.8. The summed E-state index contributed by atoms with van der Waals surface area (Å²) in [5, 5.41) is 22.7. The first-order valence-corrected chi connectivity index (χ1v) is 7.43. The van der Waals surface area contributed by atoms with E-state index in [-0.39, 0.29) is 30.5 Å². The minimum Gasteiger partial charge on any atom is -0.462 e. The van der Waals surface area contributed by atoms with Crippen LogP contribution >= 0.6 is 11.3 Å². The number of amides is 1. The van der Waals surface area contributed by atoms with E-state index in [0.29, 0.717) is 10.6 Å². The lowest BCUT2D eigenvalue weighted by atomic mass is 10.1. The number of nitrogens with zero attached hydrogens (tertiary/aromatic N) is 1. The van der Waals surface area contributed by atoms with Crippen molar-refractivity contribution in [3.8, 4) is 0 Å². The van der Waals surface area contributed by atoms with Crippen molar-refractivity contribution in [3.05, 3.63) is 15.6 Å². The smallest absolute Gasteiger partial charge is 0.350 e. The SMILES string of the molecule is CCOC(=O)c1sc(C(O)C(O)CCNC(C)=O)nc1C. The average Bonchev–Trinajstić information content (AvgIpc) is 2.79. The van der Waals surface area contributed by atoms with Gasteiger partial charge < -0.3 is 20.3 Å². The molecule has 0 fully saturated rings. The first kappa shape index (κ1) is 17.5. The Balaban J connectivity index is 2.69. The number of hydrogen-bond acceptors (Lipinski definition) is 7. The molecule has 1 aromatic rings. The molecule has 0 aliphatic carbocycles. The fraction of sp³-hybridized carbons (Fsp3) is 0.615. The second-order valence-electron chi connectivity index (χ2n) is 4.47. The van der Waals surface area contributed by atoms with E-state index in [0.717, 1.165) is 11.3 Å². The van der Waals surface area contributed by atoms with Crippen LogP contribution in [0.25, 0.3) is 0 Å². The van der Waals surface area contributed by atoms with Gasteiger partial charge in [-0.1, -0.05) is 0 Å². The van der Waals surface area contributed by atoms with Crippen molar-refractivity contribution in [1.29, 1.82) is 0 Å². The number of aryl methyl sites for hydroxylation is 1. The highest BCUT2D eigenvalue weighted by molar-refractivity contribution is 7.13. The molecule has 3 N–H and O–H groups in total. The zero-order valence-corrected chi connectivity index (χ0v) is 13.1. The Labute approximate surface area is 127 Å². The molecule has 21 heavy (non-hydrogen) atoms. The Hall–Kier alpha value is -1.51. The molecule has 1 heterocycles. The molecule has 8 heteroatoms. The van der Waals surface area contributed by atoms with Crippen LogP contribution in [-0.2, 0) is 9.53 Å². The zero-order chi connectivity index (χ0) is 16.0. The Morgan fingerprint density at radius 2 is 2.10 bits per heavy atom. The molecular formula is C13H20N2O5S. The molecule has 0 saturated heterocycles. The minimum atomic E-state index is -1.20. The van der Waals surface area contributed by atoms with E-state index in [1.165, 1.54) is 6.92 Å². The summed E-state index contributed by atoms with van der Waals surface area (Å²) in [5.41, 5.74) is 0.460. The van der Waals surface area contributed by atoms with Gasteiger partial charge in [-0.2, -0.15) is 0 Å². The first-order valence-electron chi connectivity index (χ1n) is 6.61. The van der Waals surface area contributed by atoms with Crippen LogP contribution in [0.1, 0.15) is 46.7 Å². The molecule has 2 unspecified atom stereocenters. The van der Waals surface area contributed by atoms with Crippen molar-refractivity contribution in [3.63, 3.8) is 0 Å². The highest BCUT2D eigenvalue weighted by Gasteiger charge is 2.25. The fourth-order valence-electron chi connectivity index (χ4n) is 1.65. The minimum absolute atomic E-state index is 0.189. The summed E-state index contributed by atoms with van der Waals surface area (Å²) in [7, 11) is 0. The second kappa shape index (κ2) is 8.06. The lowest BCUT2D eigenvalue weighted by molar-refractivity contribution is -0.119. The van der Waals surface area contributed by atoms with Gasteiger partial charge in [-0.15, -0.1) is 11.3 Å². The van der Waals surface area contributed by atoms with Gasteiger partial charge in [-0.25, -0.2) is 9.78 Å². The number of carbonyl (C=O) groups excluding carboxylic acids is 2. The number of nitrogens with one attached hydrogen (secondary N) is 1. The predicted molar refractivity (Wildman–Crippen MR) is 77.1 cm³/mol. The van der Waals surface area contributed by atoms with Gasteiger partial charge in [0.15, 0.2) is 0 Å². The van der Waals surface area contributed by atoms with Crippen molar-refractivity contribution in [1.82, 2.24) is 10.3 Å². The van der Waals surface area contributed by atoms with Crippen molar-refractivity contribution < 1.29 is 24.5 Å². The molecule has 0 bridgehead atoms. The lowest BCUT2D eigenvalue weighted by Crippen LogP contribution is -2.27. The summed E-state index contributed by atoms with van der Waals surface area (Å²) in [6.45, 7) is 5.23. The maximum atomic E-state index is 11.7. The predicted octanol–water partition coefficient (Wildman–Crippen LogP) is 0.549. The van der Waals surface area contributed by atoms with Crippen molar-refractivity contribution in [2.75, 3.05) is 13.2 Å². The van der Waals surface area contributed by atoms with Crippen LogP contribution in [0.3, 0.4) is 0 Å². The molecule has 2 atom stereocenters. The lowest BCUT2D eigenvalue weighted by Gasteiger charge is -2.15.